The van der Waals surface area contributed by atoms with E-state index in [2.05, 4.69) is 9.64 Å². The van der Waals surface area contributed by atoms with E-state index in [1.165, 1.54) is 18.2 Å². The minimum absolute atomic E-state index is 0.0377. The summed E-state index contributed by atoms with van der Waals surface area (Å²) >= 11 is 6.00. The summed E-state index contributed by atoms with van der Waals surface area (Å²) in [5, 5.41) is 0.0697. The van der Waals surface area contributed by atoms with Gasteiger partial charge in [0.05, 0.1) is 11.7 Å². The second-order valence-electron chi connectivity index (χ2n) is 11.3. The number of ether oxygens (including phenoxy) is 3. The van der Waals surface area contributed by atoms with Crippen LogP contribution in [0.4, 0.5) is 17.6 Å². The molecule has 0 unspecified atom stereocenters. The molecular formula is C30H38ClF4NO4. The number of benzene rings is 2. The fraction of sp³-hybridized carbons (Fsp3) is 0.567. The van der Waals surface area contributed by atoms with Crippen LogP contribution in [0, 0.1) is 5.82 Å². The molecular weight excluding hydrogens is 550 g/mol. The lowest BCUT2D eigenvalue weighted by molar-refractivity contribution is -0.274. The molecule has 10 heteroatoms. The highest BCUT2D eigenvalue weighted by molar-refractivity contribution is 6.30. The van der Waals surface area contributed by atoms with E-state index >= 15 is 4.39 Å². The molecule has 2 aromatic rings. The number of hydrogen-bond acceptors (Lipinski definition) is 5. The Balaban J connectivity index is 1.74. The molecule has 1 fully saturated rings. The first-order valence-electron chi connectivity index (χ1n) is 13.6. The molecule has 2 aromatic carbocycles. The number of rotatable bonds is 12. The van der Waals surface area contributed by atoms with E-state index in [0.717, 1.165) is 36.5 Å². The predicted molar refractivity (Wildman–Crippen MR) is 147 cm³/mol. The molecule has 0 aromatic heterocycles. The number of alkyl halides is 3. The van der Waals surface area contributed by atoms with Gasteiger partial charge in [0, 0.05) is 23.7 Å². The normalized spacial score (nSPS) is 15.6. The van der Waals surface area contributed by atoms with Crippen molar-refractivity contribution in [2.24, 2.45) is 0 Å². The van der Waals surface area contributed by atoms with Crippen molar-refractivity contribution >= 4 is 17.6 Å². The first-order valence-corrected chi connectivity index (χ1v) is 13.9. The summed E-state index contributed by atoms with van der Waals surface area (Å²) in [6, 6.07) is 6.83. The molecule has 1 aliphatic carbocycles. The van der Waals surface area contributed by atoms with Gasteiger partial charge in [-0.25, -0.2) is 9.18 Å². The van der Waals surface area contributed by atoms with E-state index < -0.39 is 29.5 Å². The van der Waals surface area contributed by atoms with Crippen LogP contribution in [-0.2, 0) is 11.3 Å². The van der Waals surface area contributed by atoms with Gasteiger partial charge >= 0.3 is 12.3 Å². The van der Waals surface area contributed by atoms with Crippen molar-refractivity contribution in [3.63, 3.8) is 0 Å². The van der Waals surface area contributed by atoms with Gasteiger partial charge in [0.15, 0.2) is 0 Å². The summed E-state index contributed by atoms with van der Waals surface area (Å²) < 4.78 is 68.6. The highest BCUT2D eigenvalue weighted by Crippen LogP contribution is 2.43. The third-order valence-electron chi connectivity index (χ3n) is 6.75. The van der Waals surface area contributed by atoms with Crippen molar-refractivity contribution in [3.05, 3.63) is 57.9 Å². The molecule has 0 N–H and O–H groups in total. The van der Waals surface area contributed by atoms with Gasteiger partial charge in [0.1, 0.15) is 22.9 Å². The Bertz CT molecular complexity index is 1180. The molecule has 1 saturated carbocycles. The lowest BCUT2D eigenvalue weighted by atomic mass is 9.97. The van der Waals surface area contributed by atoms with Crippen molar-refractivity contribution in [2.45, 2.75) is 103 Å². The largest absolute Gasteiger partial charge is 0.573 e. The van der Waals surface area contributed by atoms with Crippen LogP contribution in [0.5, 0.6) is 11.5 Å². The van der Waals surface area contributed by atoms with Crippen LogP contribution < -0.4 is 9.47 Å². The van der Waals surface area contributed by atoms with Crippen molar-refractivity contribution in [3.8, 4) is 11.5 Å². The monoisotopic (exact) mass is 587 g/mol. The molecule has 0 amide bonds. The van der Waals surface area contributed by atoms with Crippen molar-refractivity contribution in [1.29, 1.82) is 0 Å². The highest BCUT2D eigenvalue weighted by Gasteiger charge is 2.32. The van der Waals surface area contributed by atoms with E-state index in [-0.39, 0.29) is 34.4 Å². The Kier molecular flexibility index (Phi) is 10.4. The van der Waals surface area contributed by atoms with Crippen molar-refractivity contribution in [1.82, 2.24) is 4.90 Å². The third kappa shape index (κ3) is 9.54. The fourth-order valence-electron chi connectivity index (χ4n) is 4.68. The van der Waals surface area contributed by atoms with Crippen molar-refractivity contribution in [2.75, 3.05) is 7.05 Å². The van der Waals surface area contributed by atoms with Gasteiger partial charge in [-0.2, -0.15) is 0 Å². The first-order chi connectivity index (χ1) is 18.6. The van der Waals surface area contributed by atoms with Crippen LogP contribution in [0.3, 0.4) is 0 Å². The number of hydrogen-bond donors (Lipinski definition) is 0. The Morgan fingerprint density at radius 2 is 1.70 bits per heavy atom. The smallest absolute Gasteiger partial charge is 0.490 e. The van der Waals surface area contributed by atoms with Gasteiger partial charge in [0.25, 0.3) is 0 Å². The average Bonchev–Trinajstić information content (AvgIpc) is 3.64. The Morgan fingerprint density at radius 1 is 1.05 bits per heavy atom. The van der Waals surface area contributed by atoms with Crippen LogP contribution in [0.15, 0.2) is 30.3 Å². The Labute approximate surface area is 238 Å². The van der Waals surface area contributed by atoms with E-state index in [4.69, 9.17) is 21.1 Å². The maximum atomic E-state index is 15.1. The summed E-state index contributed by atoms with van der Waals surface area (Å²) in [6.07, 6.45) is -1.21. The molecule has 0 spiro atoms. The van der Waals surface area contributed by atoms with E-state index in [1.54, 1.807) is 26.8 Å². The molecule has 5 nitrogen and oxygen atoms in total. The minimum atomic E-state index is -4.84. The van der Waals surface area contributed by atoms with Gasteiger partial charge in [-0.1, -0.05) is 25.4 Å². The zero-order valence-corrected chi connectivity index (χ0v) is 24.6. The number of carbonyl (C=O) groups is 1. The van der Waals surface area contributed by atoms with Gasteiger partial charge in [-0.05, 0) is 101 Å². The van der Waals surface area contributed by atoms with Crippen LogP contribution >= 0.6 is 11.6 Å². The molecule has 0 radical (unpaired) electrons. The second kappa shape index (κ2) is 13.0. The van der Waals surface area contributed by atoms with Crippen LogP contribution in [0.1, 0.15) is 94.1 Å². The minimum Gasteiger partial charge on any atom is -0.490 e. The molecule has 0 bridgehead atoms. The Morgan fingerprint density at radius 3 is 2.25 bits per heavy atom. The third-order valence-corrected chi connectivity index (χ3v) is 6.97. The summed E-state index contributed by atoms with van der Waals surface area (Å²) in [4.78, 5) is 14.7. The SMILES string of the molecule is CC[C@@H](C[C@H](CC)N(C)Cc1cc(F)c(C(=O)OC(C)(C)C)cc1C1CC1)Oc1cc(Cl)cc(OC(F)(F)F)c1. The quantitative estimate of drug-likeness (QED) is 0.184. The standard InChI is InChI=1S/C30H38ClF4NO4/c1-7-21(14-22(8-2)38-23-12-20(31)13-24(15-23)39-30(33,34)35)36(6)17-19-11-27(32)26(16-25(19)18-9-10-18)28(37)40-29(3,4)5/h11-13,15-16,18,21-22H,7-10,14,17H2,1-6H3/t21-,22-/m0/s1. The number of esters is 1. The van der Waals surface area contributed by atoms with Gasteiger partial charge < -0.3 is 14.2 Å². The molecule has 0 saturated heterocycles. The lowest BCUT2D eigenvalue weighted by Gasteiger charge is -2.31. The first kappa shape index (κ1) is 32.0. The van der Waals surface area contributed by atoms with Crippen molar-refractivity contribution < 1.29 is 36.6 Å². The molecule has 1 aliphatic rings. The van der Waals surface area contributed by atoms with Gasteiger partial charge in [0.2, 0.25) is 0 Å². The van der Waals surface area contributed by atoms with Crippen LogP contribution in [-0.4, -0.2) is 42.0 Å². The zero-order valence-electron chi connectivity index (χ0n) is 23.8. The topological polar surface area (TPSA) is 48.0 Å². The lowest BCUT2D eigenvalue weighted by Crippen LogP contribution is -2.35. The summed E-state index contributed by atoms with van der Waals surface area (Å²) in [5.74, 6) is -1.26. The molecule has 0 heterocycles. The Hall–Kier alpha value is -2.52. The van der Waals surface area contributed by atoms with Gasteiger partial charge in [-0.15, -0.1) is 13.2 Å². The number of nitrogens with zero attached hydrogens (tertiary/aromatic N) is 1. The molecule has 2 atom stereocenters. The maximum absolute atomic E-state index is 15.1. The number of halogens is 5. The van der Waals surface area contributed by atoms with E-state index in [1.807, 2.05) is 20.9 Å². The summed E-state index contributed by atoms with van der Waals surface area (Å²) in [7, 11) is 1.95. The molecule has 40 heavy (non-hydrogen) atoms. The zero-order chi connectivity index (χ0) is 29.8. The van der Waals surface area contributed by atoms with Crippen LogP contribution in [0.2, 0.25) is 5.02 Å². The highest BCUT2D eigenvalue weighted by atomic mass is 35.5. The van der Waals surface area contributed by atoms with E-state index in [0.29, 0.717) is 19.4 Å². The maximum Gasteiger partial charge on any atom is 0.573 e. The average molecular weight is 588 g/mol. The molecule has 3 rings (SSSR count). The fourth-order valence-corrected chi connectivity index (χ4v) is 4.89. The molecule has 222 valence electrons. The summed E-state index contributed by atoms with van der Waals surface area (Å²) in [5.41, 5.74) is 1.01. The van der Waals surface area contributed by atoms with Gasteiger partial charge in [-0.3, -0.25) is 4.90 Å². The van der Waals surface area contributed by atoms with Crippen LogP contribution in [0.25, 0.3) is 0 Å². The summed E-state index contributed by atoms with van der Waals surface area (Å²) in [6.45, 7) is 9.67. The number of carbonyl (C=O) groups excluding carboxylic acids is 1. The molecule has 0 aliphatic heterocycles. The predicted octanol–water partition coefficient (Wildman–Crippen LogP) is 8.67. The second-order valence-corrected chi connectivity index (χ2v) is 11.8. The van der Waals surface area contributed by atoms with E-state index in [9.17, 15) is 18.0 Å².